The molecular formula is C23H22ClNO. The number of nitrogens with one attached hydrogen (secondary N) is 1. The van der Waals surface area contributed by atoms with Gasteiger partial charge in [0.2, 0.25) is 5.91 Å². The van der Waals surface area contributed by atoms with Crippen LogP contribution in [0.5, 0.6) is 0 Å². The minimum atomic E-state index is -0.0153. The van der Waals surface area contributed by atoms with Crippen molar-refractivity contribution < 1.29 is 4.79 Å². The fourth-order valence-electron chi connectivity index (χ4n) is 2.96. The van der Waals surface area contributed by atoms with Crippen molar-refractivity contribution in [2.45, 2.75) is 26.2 Å². The summed E-state index contributed by atoms with van der Waals surface area (Å²) in [6.45, 7) is 4.13. The van der Waals surface area contributed by atoms with Crippen LogP contribution in [0.1, 0.15) is 34.6 Å². The van der Waals surface area contributed by atoms with Crippen molar-refractivity contribution in [3.63, 3.8) is 0 Å². The zero-order valence-corrected chi connectivity index (χ0v) is 15.8. The molecule has 26 heavy (non-hydrogen) atoms. The molecule has 2 nitrogen and oxygen atoms in total. The quantitative estimate of drug-likeness (QED) is 0.581. The molecule has 0 atom stereocenters. The highest BCUT2D eigenvalue weighted by molar-refractivity contribution is 6.30. The Kier molecular flexibility index (Phi) is 5.75. The average Bonchev–Trinajstić information content (AvgIpc) is 2.63. The van der Waals surface area contributed by atoms with Crippen molar-refractivity contribution >= 4 is 23.2 Å². The van der Waals surface area contributed by atoms with Gasteiger partial charge in [0.25, 0.3) is 0 Å². The third kappa shape index (κ3) is 4.74. The Bertz CT molecular complexity index is 822. The van der Waals surface area contributed by atoms with Crippen molar-refractivity contribution in [3.05, 3.63) is 100 Å². The van der Waals surface area contributed by atoms with E-state index in [2.05, 4.69) is 67.7 Å². The monoisotopic (exact) mass is 363 g/mol. The maximum atomic E-state index is 12.6. The van der Waals surface area contributed by atoms with Crippen molar-refractivity contribution in [1.29, 1.82) is 0 Å². The normalized spacial score (nSPS) is 10.8. The zero-order valence-electron chi connectivity index (χ0n) is 15.0. The highest BCUT2D eigenvalue weighted by Gasteiger charge is 2.18. The number of hydrogen-bond donors (Lipinski definition) is 1. The molecule has 3 aromatic carbocycles. The van der Waals surface area contributed by atoms with E-state index < -0.39 is 0 Å². The maximum Gasteiger partial charge on any atom is 0.225 e. The second-order valence-electron chi connectivity index (χ2n) is 6.63. The molecule has 0 spiro atoms. The lowest BCUT2D eigenvalue weighted by Crippen LogP contribution is -2.16. The summed E-state index contributed by atoms with van der Waals surface area (Å²) >= 11 is 5.91. The van der Waals surface area contributed by atoms with E-state index in [0.29, 0.717) is 11.4 Å². The van der Waals surface area contributed by atoms with E-state index in [1.54, 1.807) is 12.1 Å². The van der Waals surface area contributed by atoms with Gasteiger partial charge in [-0.15, -0.1) is 0 Å². The summed E-state index contributed by atoms with van der Waals surface area (Å²) in [6, 6.07) is 24.0. The lowest BCUT2D eigenvalue weighted by Gasteiger charge is -2.18. The molecule has 0 heterocycles. The smallest absolute Gasteiger partial charge is 0.225 e. The highest BCUT2D eigenvalue weighted by atomic mass is 35.5. The number of carbonyl (C=O) groups excluding carboxylic acids is 1. The second-order valence-corrected chi connectivity index (χ2v) is 7.07. The van der Waals surface area contributed by atoms with Gasteiger partial charge in [0, 0.05) is 23.0 Å². The Labute approximate surface area is 159 Å². The molecule has 0 unspecified atom stereocenters. The largest absolute Gasteiger partial charge is 0.326 e. The summed E-state index contributed by atoms with van der Waals surface area (Å²) in [5.74, 6) is 0.00183. The predicted molar refractivity (Wildman–Crippen MR) is 109 cm³/mol. The number of aryl methyl sites for hydroxylation is 2. The molecule has 0 aromatic heterocycles. The molecular weight excluding hydrogens is 342 g/mol. The van der Waals surface area contributed by atoms with Crippen LogP contribution in [0.25, 0.3) is 0 Å². The van der Waals surface area contributed by atoms with Crippen molar-refractivity contribution in [2.75, 3.05) is 5.32 Å². The molecule has 0 saturated heterocycles. The van der Waals surface area contributed by atoms with E-state index in [-0.39, 0.29) is 11.8 Å². The highest BCUT2D eigenvalue weighted by Crippen LogP contribution is 2.29. The molecule has 1 amide bonds. The van der Waals surface area contributed by atoms with Gasteiger partial charge < -0.3 is 5.32 Å². The number of hydrogen-bond acceptors (Lipinski definition) is 1. The molecule has 0 bridgehead atoms. The van der Waals surface area contributed by atoms with Crippen LogP contribution in [0.15, 0.2) is 72.8 Å². The summed E-state index contributed by atoms with van der Waals surface area (Å²) in [5, 5.41) is 3.62. The van der Waals surface area contributed by atoms with Crippen LogP contribution < -0.4 is 5.32 Å². The van der Waals surface area contributed by atoms with Gasteiger partial charge in [-0.1, -0.05) is 71.3 Å². The van der Waals surface area contributed by atoms with Crippen LogP contribution in [-0.2, 0) is 4.79 Å². The van der Waals surface area contributed by atoms with Gasteiger partial charge >= 0.3 is 0 Å². The van der Waals surface area contributed by atoms with E-state index >= 15 is 0 Å². The number of benzene rings is 3. The van der Waals surface area contributed by atoms with Gasteiger partial charge in [0.15, 0.2) is 0 Å². The molecule has 132 valence electrons. The SMILES string of the molecule is Cc1ccc(C(CC(=O)Nc2ccc(Cl)cc2)c2ccc(C)cc2)cc1. The van der Waals surface area contributed by atoms with Crippen LogP contribution in [0.3, 0.4) is 0 Å². The maximum absolute atomic E-state index is 12.6. The predicted octanol–water partition coefficient (Wildman–Crippen LogP) is 6.12. The average molecular weight is 364 g/mol. The van der Waals surface area contributed by atoms with Crippen molar-refractivity contribution in [1.82, 2.24) is 0 Å². The van der Waals surface area contributed by atoms with Crippen LogP contribution in [0.4, 0.5) is 5.69 Å². The molecule has 1 N–H and O–H groups in total. The van der Waals surface area contributed by atoms with Crippen molar-refractivity contribution in [3.8, 4) is 0 Å². The molecule has 3 aromatic rings. The first-order valence-electron chi connectivity index (χ1n) is 8.70. The standard InChI is InChI=1S/C23H22ClNO/c1-16-3-7-18(8-4-16)22(19-9-5-17(2)6-10-19)15-23(26)25-21-13-11-20(24)12-14-21/h3-14,22H,15H2,1-2H3,(H,25,26). The number of rotatable bonds is 5. The van der Waals surface area contributed by atoms with Gasteiger partial charge in [0.05, 0.1) is 0 Å². The van der Waals surface area contributed by atoms with E-state index in [0.717, 1.165) is 16.8 Å². The summed E-state index contributed by atoms with van der Waals surface area (Å²) in [5.41, 5.74) is 5.46. The van der Waals surface area contributed by atoms with Gasteiger partial charge in [-0.2, -0.15) is 0 Å². The first kappa shape index (κ1) is 18.2. The minimum absolute atomic E-state index is 0.0153. The van der Waals surface area contributed by atoms with Gasteiger partial charge in [-0.3, -0.25) is 4.79 Å². The minimum Gasteiger partial charge on any atom is -0.326 e. The molecule has 0 fully saturated rings. The van der Waals surface area contributed by atoms with Gasteiger partial charge in [0.1, 0.15) is 0 Å². The Hall–Kier alpha value is -2.58. The molecule has 3 heteroatoms. The molecule has 0 saturated carbocycles. The van der Waals surface area contributed by atoms with Gasteiger partial charge in [-0.05, 0) is 49.2 Å². The number of amides is 1. The lowest BCUT2D eigenvalue weighted by atomic mass is 9.87. The van der Waals surface area contributed by atoms with E-state index in [1.165, 1.54) is 11.1 Å². The summed E-state index contributed by atoms with van der Waals surface area (Å²) in [6.07, 6.45) is 0.384. The molecule has 0 aliphatic rings. The Morgan fingerprint density at radius 2 is 1.27 bits per heavy atom. The Morgan fingerprint density at radius 1 is 0.808 bits per heavy atom. The lowest BCUT2D eigenvalue weighted by molar-refractivity contribution is -0.116. The van der Waals surface area contributed by atoms with Gasteiger partial charge in [-0.25, -0.2) is 0 Å². The van der Waals surface area contributed by atoms with E-state index in [1.807, 2.05) is 12.1 Å². The molecule has 0 radical (unpaired) electrons. The Balaban J connectivity index is 1.83. The second kappa shape index (κ2) is 8.20. The van der Waals surface area contributed by atoms with E-state index in [4.69, 9.17) is 11.6 Å². The fraction of sp³-hybridized carbons (Fsp3) is 0.174. The molecule has 0 aliphatic heterocycles. The van der Waals surface area contributed by atoms with Crippen molar-refractivity contribution in [2.24, 2.45) is 0 Å². The number of anilines is 1. The van der Waals surface area contributed by atoms with Crippen LogP contribution in [0, 0.1) is 13.8 Å². The first-order valence-corrected chi connectivity index (χ1v) is 9.07. The summed E-state index contributed by atoms with van der Waals surface area (Å²) < 4.78 is 0. The summed E-state index contributed by atoms with van der Waals surface area (Å²) in [7, 11) is 0. The molecule has 3 rings (SSSR count). The fourth-order valence-corrected chi connectivity index (χ4v) is 3.08. The third-order valence-corrected chi connectivity index (χ3v) is 4.73. The third-order valence-electron chi connectivity index (χ3n) is 4.48. The van der Waals surface area contributed by atoms with Crippen LogP contribution in [0.2, 0.25) is 5.02 Å². The van der Waals surface area contributed by atoms with Crippen LogP contribution in [-0.4, -0.2) is 5.91 Å². The number of halogens is 1. The number of carbonyl (C=O) groups is 1. The Morgan fingerprint density at radius 3 is 1.73 bits per heavy atom. The molecule has 0 aliphatic carbocycles. The first-order chi connectivity index (χ1) is 12.5. The summed E-state index contributed by atoms with van der Waals surface area (Å²) in [4.78, 5) is 12.6. The van der Waals surface area contributed by atoms with E-state index in [9.17, 15) is 4.79 Å². The zero-order chi connectivity index (χ0) is 18.5. The topological polar surface area (TPSA) is 29.1 Å². The van der Waals surface area contributed by atoms with Crippen LogP contribution >= 0.6 is 11.6 Å².